The van der Waals surface area contributed by atoms with E-state index < -0.39 is 28.5 Å². The normalized spacial score (nSPS) is 14.2. The smallest absolute Gasteiger partial charge is 0.264 e. The van der Waals surface area contributed by atoms with Gasteiger partial charge in [0, 0.05) is 24.0 Å². The van der Waals surface area contributed by atoms with Gasteiger partial charge >= 0.3 is 0 Å². The van der Waals surface area contributed by atoms with Gasteiger partial charge < -0.3 is 10.2 Å². The third-order valence-electron chi connectivity index (χ3n) is 8.89. The van der Waals surface area contributed by atoms with Gasteiger partial charge in [-0.3, -0.25) is 13.9 Å². The van der Waals surface area contributed by atoms with Crippen molar-refractivity contribution in [1.82, 2.24) is 10.2 Å². The molecule has 0 spiro atoms. The van der Waals surface area contributed by atoms with Crippen LogP contribution in [0.15, 0.2) is 102 Å². The first-order chi connectivity index (χ1) is 23.0. The molecule has 252 valence electrons. The lowest BCUT2D eigenvalue weighted by Gasteiger charge is -2.35. The van der Waals surface area contributed by atoms with Crippen LogP contribution in [0.2, 0.25) is 10.0 Å². The standard InChI is InChI=1S/C38H41Cl2N3O4S/c1-27-17-20-33(21-18-27)48(46,47)43(35-24-31(39)19-22-34(35)40)26-37(44)42(25-30-14-10-9-11-28(30)2)36(23-29-12-5-3-6-13-29)38(45)41-32-15-7-4-8-16-32/h3,5-6,9-14,17-22,24,32,36H,4,7-8,15-16,23,25-26H2,1-2H3,(H,41,45). The number of sulfonamides is 1. The van der Waals surface area contributed by atoms with Gasteiger partial charge in [0.2, 0.25) is 11.8 Å². The molecule has 48 heavy (non-hydrogen) atoms. The van der Waals surface area contributed by atoms with E-state index in [1.54, 1.807) is 18.2 Å². The lowest BCUT2D eigenvalue weighted by molar-refractivity contribution is -0.140. The highest BCUT2D eigenvalue weighted by atomic mass is 35.5. The SMILES string of the molecule is Cc1ccc(S(=O)(=O)N(CC(=O)N(Cc2ccccc2C)C(Cc2ccccc2)C(=O)NC2CCCCC2)c2cc(Cl)ccc2Cl)cc1. The topological polar surface area (TPSA) is 86.8 Å². The Balaban J connectivity index is 1.59. The first-order valence-corrected chi connectivity index (χ1v) is 18.5. The Morgan fingerprint density at radius 2 is 1.52 bits per heavy atom. The minimum absolute atomic E-state index is 0.00160. The number of benzene rings is 4. The molecule has 4 aromatic carbocycles. The molecule has 1 aliphatic carbocycles. The van der Waals surface area contributed by atoms with Crippen molar-refractivity contribution >= 4 is 50.7 Å². The van der Waals surface area contributed by atoms with Crippen molar-refractivity contribution in [3.8, 4) is 0 Å². The zero-order chi connectivity index (χ0) is 34.3. The predicted molar refractivity (Wildman–Crippen MR) is 193 cm³/mol. The summed E-state index contributed by atoms with van der Waals surface area (Å²) in [4.78, 5) is 30.5. The largest absolute Gasteiger partial charge is 0.352 e. The molecule has 7 nitrogen and oxygen atoms in total. The number of aryl methyl sites for hydroxylation is 2. The molecule has 1 atom stereocenters. The third kappa shape index (κ3) is 8.78. The lowest BCUT2D eigenvalue weighted by Crippen LogP contribution is -2.55. The molecule has 5 rings (SSSR count). The molecule has 0 bridgehead atoms. The van der Waals surface area contributed by atoms with E-state index in [1.807, 2.05) is 68.4 Å². The molecule has 1 saturated carbocycles. The fourth-order valence-corrected chi connectivity index (χ4v) is 7.96. The molecule has 0 radical (unpaired) electrons. The highest BCUT2D eigenvalue weighted by Gasteiger charge is 2.36. The Morgan fingerprint density at radius 3 is 2.21 bits per heavy atom. The van der Waals surface area contributed by atoms with E-state index in [2.05, 4.69) is 5.32 Å². The van der Waals surface area contributed by atoms with Crippen molar-refractivity contribution in [3.05, 3.63) is 129 Å². The molecule has 0 aliphatic heterocycles. The van der Waals surface area contributed by atoms with E-state index in [0.29, 0.717) is 0 Å². The molecule has 10 heteroatoms. The zero-order valence-corrected chi connectivity index (χ0v) is 29.6. The monoisotopic (exact) mass is 705 g/mol. The van der Waals surface area contributed by atoms with Crippen LogP contribution in [-0.2, 0) is 32.6 Å². The summed E-state index contributed by atoms with van der Waals surface area (Å²) in [5, 5.41) is 3.61. The average Bonchev–Trinajstić information content (AvgIpc) is 3.08. The molecule has 1 aliphatic rings. The zero-order valence-electron chi connectivity index (χ0n) is 27.2. The number of hydrogen-bond donors (Lipinski definition) is 1. The molecule has 0 saturated heterocycles. The van der Waals surface area contributed by atoms with Gasteiger partial charge in [0.25, 0.3) is 10.0 Å². The van der Waals surface area contributed by atoms with Crippen LogP contribution in [-0.4, -0.2) is 43.8 Å². The molecule has 4 aromatic rings. The Hall–Kier alpha value is -3.85. The van der Waals surface area contributed by atoms with E-state index in [4.69, 9.17) is 23.2 Å². The van der Waals surface area contributed by atoms with Gasteiger partial charge in [-0.2, -0.15) is 0 Å². The predicted octanol–water partition coefficient (Wildman–Crippen LogP) is 7.89. The number of nitrogens with zero attached hydrogens (tertiary/aromatic N) is 2. The average molecular weight is 707 g/mol. The third-order valence-corrected chi connectivity index (χ3v) is 11.2. The maximum absolute atomic E-state index is 14.8. The number of anilines is 1. The number of hydrogen-bond acceptors (Lipinski definition) is 4. The first kappa shape index (κ1) is 35.5. The Labute approximate surface area is 293 Å². The number of carbonyl (C=O) groups is 2. The van der Waals surface area contributed by atoms with E-state index in [0.717, 1.165) is 58.7 Å². The number of rotatable bonds is 12. The Kier molecular flexibility index (Phi) is 11.8. The molecule has 1 unspecified atom stereocenters. The van der Waals surface area contributed by atoms with Crippen LogP contribution in [0.25, 0.3) is 0 Å². The van der Waals surface area contributed by atoms with E-state index in [1.165, 1.54) is 29.2 Å². The van der Waals surface area contributed by atoms with Gasteiger partial charge in [0.15, 0.2) is 0 Å². The van der Waals surface area contributed by atoms with Crippen molar-refractivity contribution in [2.75, 3.05) is 10.8 Å². The second-order valence-electron chi connectivity index (χ2n) is 12.4. The van der Waals surface area contributed by atoms with Gasteiger partial charge in [-0.15, -0.1) is 0 Å². The molecular weight excluding hydrogens is 665 g/mol. The Bertz CT molecular complexity index is 1830. The summed E-state index contributed by atoms with van der Waals surface area (Å²) in [5.74, 6) is -0.814. The maximum atomic E-state index is 14.8. The summed E-state index contributed by atoms with van der Waals surface area (Å²) in [6.07, 6.45) is 5.21. The van der Waals surface area contributed by atoms with Crippen LogP contribution in [0.5, 0.6) is 0 Å². The summed E-state index contributed by atoms with van der Waals surface area (Å²) >= 11 is 12.9. The Morgan fingerprint density at radius 1 is 0.854 bits per heavy atom. The van der Waals surface area contributed by atoms with E-state index in [-0.39, 0.29) is 45.5 Å². The van der Waals surface area contributed by atoms with Crippen LogP contribution in [0.1, 0.15) is 54.4 Å². The fourth-order valence-electron chi connectivity index (χ4n) is 6.10. The molecule has 0 aromatic heterocycles. The molecular formula is C38H41Cl2N3O4S. The highest BCUT2D eigenvalue weighted by molar-refractivity contribution is 7.92. The van der Waals surface area contributed by atoms with Crippen molar-refractivity contribution in [2.45, 2.75) is 75.9 Å². The van der Waals surface area contributed by atoms with Gasteiger partial charge in [0.05, 0.1) is 15.6 Å². The van der Waals surface area contributed by atoms with Crippen LogP contribution in [0, 0.1) is 13.8 Å². The van der Waals surface area contributed by atoms with Crippen molar-refractivity contribution < 1.29 is 18.0 Å². The van der Waals surface area contributed by atoms with Crippen LogP contribution >= 0.6 is 23.2 Å². The van der Waals surface area contributed by atoms with Gasteiger partial charge in [0.1, 0.15) is 12.6 Å². The summed E-state index contributed by atoms with van der Waals surface area (Å²) < 4.78 is 29.6. The number of nitrogens with one attached hydrogen (secondary N) is 1. The van der Waals surface area contributed by atoms with E-state index in [9.17, 15) is 18.0 Å². The van der Waals surface area contributed by atoms with Crippen molar-refractivity contribution in [3.63, 3.8) is 0 Å². The van der Waals surface area contributed by atoms with Gasteiger partial charge in [-0.1, -0.05) is 115 Å². The quantitative estimate of drug-likeness (QED) is 0.162. The van der Waals surface area contributed by atoms with Crippen molar-refractivity contribution in [1.29, 1.82) is 0 Å². The molecule has 2 amide bonds. The second kappa shape index (κ2) is 16.0. The maximum Gasteiger partial charge on any atom is 0.264 e. The summed E-state index contributed by atoms with van der Waals surface area (Å²) in [5.41, 5.74) is 3.63. The van der Waals surface area contributed by atoms with Gasteiger partial charge in [-0.05, 0) is 73.7 Å². The van der Waals surface area contributed by atoms with Crippen LogP contribution < -0.4 is 9.62 Å². The summed E-state index contributed by atoms with van der Waals surface area (Å²) in [6.45, 7) is 3.30. The number of amides is 2. The summed E-state index contributed by atoms with van der Waals surface area (Å²) in [7, 11) is -4.31. The van der Waals surface area contributed by atoms with Crippen LogP contribution in [0.4, 0.5) is 5.69 Å². The van der Waals surface area contributed by atoms with Gasteiger partial charge in [-0.25, -0.2) is 8.42 Å². The minimum atomic E-state index is -4.31. The molecule has 0 heterocycles. The minimum Gasteiger partial charge on any atom is -0.352 e. The number of carbonyl (C=O) groups excluding carboxylic acids is 2. The number of halogens is 2. The molecule has 1 N–H and O–H groups in total. The van der Waals surface area contributed by atoms with Crippen LogP contribution in [0.3, 0.4) is 0 Å². The second-order valence-corrected chi connectivity index (χ2v) is 15.1. The molecule has 1 fully saturated rings. The lowest BCUT2D eigenvalue weighted by atomic mass is 9.94. The fraction of sp³-hybridized carbons (Fsp3) is 0.316. The van der Waals surface area contributed by atoms with E-state index >= 15 is 0 Å². The summed E-state index contributed by atoms with van der Waals surface area (Å²) in [6, 6.07) is 27.2. The highest BCUT2D eigenvalue weighted by Crippen LogP contribution is 2.33. The van der Waals surface area contributed by atoms with Crippen molar-refractivity contribution in [2.24, 2.45) is 0 Å². The first-order valence-electron chi connectivity index (χ1n) is 16.3.